The van der Waals surface area contributed by atoms with Gasteiger partial charge in [-0.3, -0.25) is 0 Å². The van der Waals surface area contributed by atoms with Gasteiger partial charge in [0.2, 0.25) is 0 Å². The quantitative estimate of drug-likeness (QED) is 0.635. The molecule has 3 fully saturated rings. The van der Waals surface area contributed by atoms with Gasteiger partial charge in [-0.15, -0.1) is 0 Å². The Morgan fingerprint density at radius 1 is 1.13 bits per heavy atom. The van der Waals surface area contributed by atoms with E-state index in [1.807, 2.05) is 13.0 Å². The molecule has 3 aliphatic rings. The molecule has 0 radical (unpaired) electrons. The summed E-state index contributed by atoms with van der Waals surface area (Å²) < 4.78 is 55.2. The minimum Gasteiger partial charge on any atom is -0.462 e. The second-order valence-corrected chi connectivity index (χ2v) is 7.67. The van der Waals surface area contributed by atoms with Gasteiger partial charge in [0, 0.05) is 5.41 Å². The lowest BCUT2D eigenvalue weighted by Gasteiger charge is -2.53. The third-order valence-corrected chi connectivity index (χ3v) is 4.83. The van der Waals surface area contributed by atoms with Gasteiger partial charge in [-0.05, 0) is 12.5 Å². The van der Waals surface area contributed by atoms with E-state index in [9.17, 15) is 18.4 Å². The first kappa shape index (κ1) is 22.4. The van der Waals surface area contributed by atoms with Gasteiger partial charge in [0.05, 0.1) is 32.8 Å². The van der Waals surface area contributed by atoms with Gasteiger partial charge in [0.15, 0.2) is 0 Å². The van der Waals surface area contributed by atoms with Crippen molar-refractivity contribution >= 4 is 12.1 Å². The van der Waals surface area contributed by atoms with Crippen LogP contribution in [0, 0.1) is 5.41 Å². The molecule has 1 aromatic carbocycles. The minimum absolute atomic E-state index is 0.0681. The molecule has 30 heavy (non-hydrogen) atoms. The molecule has 1 unspecified atom stereocenters. The predicted molar refractivity (Wildman–Crippen MR) is 98.4 cm³/mol. The lowest BCUT2D eigenvalue weighted by Crippen LogP contribution is -2.68. The van der Waals surface area contributed by atoms with Gasteiger partial charge in [0.1, 0.15) is 12.6 Å². The Balaban J connectivity index is 1.72. The SMILES string of the molecule is CCOC(=O)C(F)(F)CC(NC(=O)OCc1ccccc1)C12OCC(C)(CO1)CO2. The smallest absolute Gasteiger partial charge is 0.407 e. The summed E-state index contributed by atoms with van der Waals surface area (Å²) in [6, 6.07) is 7.32. The highest BCUT2D eigenvalue weighted by Gasteiger charge is 2.59. The van der Waals surface area contributed by atoms with Crippen molar-refractivity contribution in [3.63, 3.8) is 0 Å². The van der Waals surface area contributed by atoms with E-state index in [1.54, 1.807) is 24.3 Å². The molecule has 0 aliphatic carbocycles. The normalized spacial score (nSPS) is 26.7. The van der Waals surface area contributed by atoms with Crippen LogP contribution in [0.1, 0.15) is 25.8 Å². The zero-order valence-electron chi connectivity index (χ0n) is 16.8. The average molecular weight is 429 g/mol. The fraction of sp³-hybridized carbons (Fsp3) is 0.600. The zero-order valence-corrected chi connectivity index (χ0v) is 16.8. The van der Waals surface area contributed by atoms with E-state index >= 15 is 0 Å². The molecule has 8 nitrogen and oxygen atoms in total. The number of esters is 1. The molecule has 0 aromatic heterocycles. The summed E-state index contributed by atoms with van der Waals surface area (Å²) >= 11 is 0. The first-order chi connectivity index (χ1) is 14.2. The van der Waals surface area contributed by atoms with E-state index in [2.05, 4.69) is 10.1 Å². The summed E-state index contributed by atoms with van der Waals surface area (Å²) in [5.74, 6) is -7.56. The van der Waals surface area contributed by atoms with Crippen LogP contribution in [0.15, 0.2) is 30.3 Å². The number of hydrogen-bond acceptors (Lipinski definition) is 7. The molecule has 0 spiro atoms. The highest BCUT2D eigenvalue weighted by molar-refractivity contribution is 5.77. The highest BCUT2D eigenvalue weighted by Crippen LogP contribution is 2.42. The number of hydrogen-bond donors (Lipinski definition) is 1. The van der Waals surface area contributed by atoms with Crippen LogP contribution in [0.25, 0.3) is 0 Å². The van der Waals surface area contributed by atoms with Crippen LogP contribution in [0.2, 0.25) is 0 Å². The van der Waals surface area contributed by atoms with Crippen molar-refractivity contribution < 1.29 is 42.1 Å². The van der Waals surface area contributed by atoms with E-state index < -0.39 is 41.8 Å². The Hall–Kier alpha value is -2.30. The fourth-order valence-corrected chi connectivity index (χ4v) is 3.12. The number of alkyl halides is 2. The molecule has 166 valence electrons. The first-order valence-corrected chi connectivity index (χ1v) is 9.62. The molecule has 1 atom stereocenters. The maximum Gasteiger partial charge on any atom is 0.407 e. The van der Waals surface area contributed by atoms with E-state index in [1.165, 1.54) is 6.92 Å². The van der Waals surface area contributed by atoms with Gasteiger partial charge in [-0.25, -0.2) is 9.59 Å². The summed E-state index contributed by atoms with van der Waals surface area (Å²) in [6.45, 7) is 3.57. The monoisotopic (exact) mass is 429 g/mol. The van der Waals surface area contributed by atoms with Gasteiger partial charge < -0.3 is 29.0 Å². The summed E-state index contributed by atoms with van der Waals surface area (Å²) in [5.41, 5.74) is 0.304. The summed E-state index contributed by atoms with van der Waals surface area (Å²) in [5, 5.41) is 2.32. The Morgan fingerprint density at radius 3 is 2.30 bits per heavy atom. The summed E-state index contributed by atoms with van der Waals surface area (Å²) in [4.78, 5) is 24.0. The maximum absolute atomic E-state index is 14.5. The minimum atomic E-state index is -3.91. The lowest BCUT2D eigenvalue weighted by molar-refractivity contribution is -0.475. The van der Waals surface area contributed by atoms with E-state index in [0.717, 1.165) is 0 Å². The van der Waals surface area contributed by atoms with Gasteiger partial charge in [-0.1, -0.05) is 37.3 Å². The number of fused-ring (bicyclic) bond motifs is 3. The van der Waals surface area contributed by atoms with E-state index in [-0.39, 0.29) is 33.0 Å². The molecule has 0 saturated carbocycles. The van der Waals surface area contributed by atoms with Crippen LogP contribution in [0.5, 0.6) is 0 Å². The third kappa shape index (κ3) is 5.05. The first-order valence-electron chi connectivity index (χ1n) is 9.62. The van der Waals surface area contributed by atoms with Crippen LogP contribution >= 0.6 is 0 Å². The standard InChI is InChI=1S/C20H25F2NO7/c1-3-26-16(24)19(21,22)9-15(20-28-11-18(2,12-29-20)13-30-20)23-17(25)27-10-14-7-5-4-6-8-14/h4-8,15H,3,9-13H2,1-2H3,(H,23,25). The predicted octanol–water partition coefficient (Wildman–Crippen LogP) is 2.61. The van der Waals surface area contributed by atoms with Gasteiger partial charge in [0.25, 0.3) is 0 Å². The van der Waals surface area contributed by atoms with Crippen LogP contribution in [0.3, 0.4) is 0 Å². The summed E-state index contributed by atoms with van der Waals surface area (Å²) in [6.07, 6.45) is -2.13. The van der Waals surface area contributed by atoms with Crippen molar-refractivity contribution in [3.8, 4) is 0 Å². The second kappa shape index (κ2) is 8.83. The number of ether oxygens (including phenoxy) is 5. The molecule has 3 aliphatic heterocycles. The molecular formula is C20H25F2NO7. The average Bonchev–Trinajstić information content (AvgIpc) is 2.73. The fourth-order valence-electron chi connectivity index (χ4n) is 3.12. The number of nitrogens with one attached hydrogen (secondary N) is 1. The Morgan fingerprint density at radius 2 is 1.73 bits per heavy atom. The van der Waals surface area contributed by atoms with Crippen molar-refractivity contribution in [1.82, 2.24) is 5.32 Å². The molecule has 1 aromatic rings. The van der Waals surface area contributed by atoms with Crippen LogP contribution < -0.4 is 5.32 Å². The van der Waals surface area contributed by atoms with Crippen molar-refractivity contribution in [3.05, 3.63) is 35.9 Å². The molecule has 3 heterocycles. The number of carbonyl (C=O) groups is 2. The van der Waals surface area contributed by atoms with Crippen molar-refractivity contribution in [1.29, 1.82) is 0 Å². The zero-order chi connectivity index (χ0) is 21.8. The number of amides is 1. The number of rotatable bonds is 8. The lowest BCUT2D eigenvalue weighted by atomic mass is 9.90. The summed E-state index contributed by atoms with van der Waals surface area (Å²) in [7, 11) is 0. The number of carbonyl (C=O) groups excluding carboxylic acids is 2. The topological polar surface area (TPSA) is 92.3 Å². The van der Waals surface area contributed by atoms with E-state index in [4.69, 9.17) is 18.9 Å². The molecule has 3 saturated heterocycles. The van der Waals surface area contributed by atoms with Crippen molar-refractivity contribution in [2.75, 3.05) is 26.4 Å². The molecule has 4 rings (SSSR count). The number of alkyl carbamates (subject to hydrolysis) is 1. The second-order valence-electron chi connectivity index (χ2n) is 7.67. The van der Waals surface area contributed by atoms with Crippen molar-refractivity contribution in [2.24, 2.45) is 5.41 Å². The Kier molecular flexibility index (Phi) is 6.59. The number of benzene rings is 1. The number of halogens is 2. The highest BCUT2D eigenvalue weighted by atomic mass is 19.3. The Labute approximate surface area is 172 Å². The largest absolute Gasteiger partial charge is 0.462 e. The maximum atomic E-state index is 14.5. The molecular weight excluding hydrogens is 404 g/mol. The van der Waals surface area contributed by atoms with Gasteiger partial charge in [-0.2, -0.15) is 8.78 Å². The molecule has 2 bridgehead atoms. The Bertz CT molecular complexity index is 734. The van der Waals surface area contributed by atoms with Gasteiger partial charge >= 0.3 is 24.0 Å². The third-order valence-electron chi connectivity index (χ3n) is 4.83. The molecule has 1 amide bonds. The van der Waals surface area contributed by atoms with Crippen molar-refractivity contribution in [2.45, 2.75) is 44.8 Å². The van der Waals surface area contributed by atoms with Crippen LogP contribution in [-0.2, 0) is 35.1 Å². The van der Waals surface area contributed by atoms with Crippen LogP contribution in [-0.4, -0.2) is 56.4 Å². The van der Waals surface area contributed by atoms with E-state index in [0.29, 0.717) is 5.56 Å². The molecule has 1 N–H and O–H groups in total. The van der Waals surface area contributed by atoms with Crippen LogP contribution in [0.4, 0.5) is 13.6 Å². The molecule has 10 heteroatoms.